The van der Waals surface area contributed by atoms with Gasteiger partial charge in [0, 0.05) is 22.9 Å². The number of carbonyl (C=O) groups excluding carboxylic acids is 2. The molecular formula is C19H22N2O2. The fourth-order valence-electron chi connectivity index (χ4n) is 2.14. The molecule has 0 aliphatic carbocycles. The van der Waals surface area contributed by atoms with Crippen LogP contribution < -0.4 is 10.6 Å². The highest BCUT2D eigenvalue weighted by atomic mass is 16.2. The number of rotatable bonds is 4. The van der Waals surface area contributed by atoms with Crippen LogP contribution in [0.5, 0.6) is 0 Å². The van der Waals surface area contributed by atoms with E-state index in [4.69, 9.17) is 0 Å². The Hall–Kier alpha value is -2.62. The molecule has 0 radical (unpaired) electrons. The van der Waals surface area contributed by atoms with Crippen molar-refractivity contribution in [2.75, 3.05) is 5.32 Å². The fraction of sp³-hybridized carbons (Fsp3) is 0.263. The summed E-state index contributed by atoms with van der Waals surface area (Å²) in [7, 11) is 0. The summed E-state index contributed by atoms with van der Waals surface area (Å²) in [5.41, 5.74) is 4.14. The molecule has 0 aliphatic rings. The largest absolute Gasteiger partial charge is 0.350 e. The summed E-state index contributed by atoms with van der Waals surface area (Å²) >= 11 is 0. The van der Waals surface area contributed by atoms with Crippen LogP contribution in [0.1, 0.15) is 45.7 Å². The lowest BCUT2D eigenvalue weighted by Gasteiger charge is -2.10. The van der Waals surface area contributed by atoms with Gasteiger partial charge >= 0.3 is 0 Å². The van der Waals surface area contributed by atoms with Crippen LogP contribution >= 0.6 is 0 Å². The minimum atomic E-state index is -0.191. The zero-order valence-electron chi connectivity index (χ0n) is 13.9. The lowest BCUT2D eigenvalue weighted by atomic mass is 10.1. The van der Waals surface area contributed by atoms with Crippen molar-refractivity contribution in [3.05, 3.63) is 64.7 Å². The van der Waals surface area contributed by atoms with Gasteiger partial charge in [0.05, 0.1) is 0 Å². The maximum atomic E-state index is 12.3. The van der Waals surface area contributed by atoms with Gasteiger partial charge < -0.3 is 10.6 Å². The summed E-state index contributed by atoms with van der Waals surface area (Å²) in [6, 6.07) is 12.5. The molecule has 0 saturated heterocycles. The van der Waals surface area contributed by atoms with Gasteiger partial charge in [-0.05, 0) is 75.2 Å². The van der Waals surface area contributed by atoms with Crippen LogP contribution in [0, 0.1) is 13.8 Å². The van der Waals surface area contributed by atoms with Crippen molar-refractivity contribution in [3.8, 4) is 0 Å². The molecular weight excluding hydrogens is 288 g/mol. The molecule has 2 amide bonds. The Kier molecular flexibility index (Phi) is 5.16. The molecule has 120 valence electrons. The second kappa shape index (κ2) is 7.09. The first-order valence-corrected chi connectivity index (χ1v) is 7.66. The first-order valence-electron chi connectivity index (χ1n) is 7.66. The third-order valence-corrected chi connectivity index (χ3v) is 3.59. The van der Waals surface area contributed by atoms with E-state index in [0.717, 1.165) is 11.3 Å². The molecule has 2 aromatic rings. The molecule has 0 heterocycles. The molecule has 0 unspecified atom stereocenters. The number of nitrogens with one attached hydrogen (secondary N) is 2. The lowest BCUT2D eigenvalue weighted by Crippen LogP contribution is -2.30. The van der Waals surface area contributed by atoms with Crippen LogP contribution in [0.2, 0.25) is 0 Å². The van der Waals surface area contributed by atoms with E-state index in [-0.39, 0.29) is 17.9 Å². The first kappa shape index (κ1) is 16.7. The van der Waals surface area contributed by atoms with Crippen LogP contribution in [0.3, 0.4) is 0 Å². The van der Waals surface area contributed by atoms with Gasteiger partial charge in [-0.25, -0.2) is 0 Å². The Balaban J connectivity index is 2.08. The highest BCUT2D eigenvalue weighted by Crippen LogP contribution is 2.15. The number of benzene rings is 2. The molecule has 23 heavy (non-hydrogen) atoms. The number of aryl methyl sites for hydroxylation is 2. The predicted molar refractivity (Wildman–Crippen MR) is 92.9 cm³/mol. The van der Waals surface area contributed by atoms with E-state index in [2.05, 4.69) is 10.6 Å². The molecule has 2 N–H and O–H groups in total. The van der Waals surface area contributed by atoms with E-state index in [9.17, 15) is 9.59 Å². The van der Waals surface area contributed by atoms with E-state index in [0.29, 0.717) is 11.1 Å². The van der Waals surface area contributed by atoms with Crippen LogP contribution in [0.15, 0.2) is 42.5 Å². The van der Waals surface area contributed by atoms with Crippen molar-refractivity contribution in [1.82, 2.24) is 5.32 Å². The molecule has 0 bridgehead atoms. The third-order valence-electron chi connectivity index (χ3n) is 3.59. The molecule has 0 fully saturated rings. The van der Waals surface area contributed by atoms with Crippen LogP contribution in [0.25, 0.3) is 0 Å². The molecule has 0 aromatic heterocycles. The van der Waals surface area contributed by atoms with E-state index >= 15 is 0 Å². The number of carbonyl (C=O) groups is 2. The maximum Gasteiger partial charge on any atom is 0.255 e. The Morgan fingerprint density at radius 2 is 1.39 bits per heavy atom. The van der Waals surface area contributed by atoms with Crippen molar-refractivity contribution >= 4 is 17.5 Å². The molecule has 2 rings (SSSR count). The molecule has 0 aliphatic heterocycles. The van der Waals surface area contributed by atoms with Crippen molar-refractivity contribution < 1.29 is 9.59 Å². The molecule has 4 heteroatoms. The third kappa shape index (κ3) is 4.42. The Bertz CT molecular complexity index is 719. The van der Waals surface area contributed by atoms with Gasteiger partial charge in [-0.15, -0.1) is 0 Å². The first-order chi connectivity index (χ1) is 10.9. The number of anilines is 1. The second-order valence-corrected chi connectivity index (χ2v) is 5.96. The van der Waals surface area contributed by atoms with Crippen molar-refractivity contribution in [3.63, 3.8) is 0 Å². The number of hydrogen-bond donors (Lipinski definition) is 2. The monoisotopic (exact) mass is 310 g/mol. The summed E-state index contributed by atoms with van der Waals surface area (Å²) in [4.78, 5) is 24.1. The Morgan fingerprint density at radius 3 is 1.91 bits per heavy atom. The van der Waals surface area contributed by atoms with Gasteiger partial charge in [-0.2, -0.15) is 0 Å². The topological polar surface area (TPSA) is 58.2 Å². The SMILES string of the molecule is Cc1ccc(NC(=O)c2ccc(C(=O)NC(C)C)cc2)cc1C. The van der Waals surface area contributed by atoms with Gasteiger partial charge in [-0.3, -0.25) is 9.59 Å². The van der Waals surface area contributed by atoms with Crippen molar-refractivity contribution in [2.45, 2.75) is 33.7 Å². The average molecular weight is 310 g/mol. The van der Waals surface area contributed by atoms with Gasteiger partial charge in [0.15, 0.2) is 0 Å². The Morgan fingerprint density at radius 1 is 0.826 bits per heavy atom. The summed E-state index contributed by atoms with van der Waals surface area (Å²) in [6.07, 6.45) is 0. The summed E-state index contributed by atoms with van der Waals surface area (Å²) in [5.74, 6) is -0.329. The number of amides is 2. The summed E-state index contributed by atoms with van der Waals surface area (Å²) < 4.78 is 0. The smallest absolute Gasteiger partial charge is 0.255 e. The molecule has 0 saturated carbocycles. The van der Waals surface area contributed by atoms with Gasteiger partial charge in [0.1, 0.15) is 0 Å². The maximum absolute atomic E-state index is 12.3. The highest BCUT2D eigenvalue weighted by Gasteiger charge is 2.10. The molecule has 4 nitrogen and oxygen atoms in total. The van der Waals surface area contributed by atoms with Crippen LogP contribution in [-0.2, 0) is 0 Å². The average Bonchev–Trinajstić information content (AvgIpc) is 2.50. The minimum absolute atomic E-state index is 0.0789. The fourth-order valence-corrected chi connectivity index (χ4v) is 2.14. The lowest BCUT2D eigenvalue weighted by molar-refractivity contribution is 0.0941. The van der Waals surface area contributed by atoms with E-state index in [1.807, 2.05) is 45.9 Å². The standard InChI is InChI=1S/C19H22N2O2/c1-12(2)20-18(22)15-6-8-16(9-7-15)19(23)21-17-10-5-13(3)14(4)11-17/h5-12H,1-4H3,(H,20,22)(H,21,23). The molecule has 2 aromatic carbocycles. The predicted octanol–water partition coefficient (Wildman–Crippen LogP) is 3.69. The van der Waals surface area contributed by atoms with Gasteiger partial charge in [0.25, 0.3) is 11.8 Å². The highest BCUT2D eigenvalue weighted by molar-refractivity contribution is 6.05. The zero-order valence-corrected chi connectivity index (χ0v) is 13.9. The molecule has 0 atom stereocenters. The van der Waals surface area contributed by atoms with Crippen LogP contribution in [-0.4, -0.2) is 17.9 Å². The number of hydrogen-bond acceptors (Lipinski definition) is 2. The normalized spacial score (nSPS) is 10.5. The summed E-state index contributed by atoms with van der Waals surface area (Å²) in [6.45, 7) is 7.85. The Labute approximate surface area is 136 Å². The quantitative estimate of drug-likeness (QED) is 0.904. The van der Waals surface area contributed by atoms with Crippen molar-refractivity contribution in [2.24, 2.45) is 0 Å². The van der Waals surface area contributed by atoms with Crippen LogP contribution in [0.4, 0.5) is 5.69 Å². The van der Waals surface area contributed by atoms with Gasteiger partial charge in [-0.1, -0.05) is 6.07 Å². The minimum Gasteiger partial charge on any atom is -0.350 e. The van der Waals surface area contributed by atoms with E-state index in [1.54, 1.807) is 24.3 Å². The van der Waals surface area contributed by atoms with E-state index < -0.39 is 0 Å². The van der Waals surface area contributed by atoms with Crippen molar-refractivity contribution in [1.29, 1.82) is 0 Å². The zero-order chi connectivity index (χ0) is 17.0. The molecule has 0 spiro atoms. The summed E-state index contributed by atoms with van der Waals surface area (Å²) in [5, 5.41) is 5.69. The van der Waals surface area contributed by atoms with E-state index in [1.165, 1.54) is 5.56 Å². The van der Waals surface area contributed by atoms with Gasteiger partial charge in [0.2, 0.25) is 0 Å². The second-order valence-electron chi connectivity index (χ2n) is 5.96.